The number of carbonyl (C=O) groups is 1. The SMILES string of the molecule is CC1CCCCN1C(=O)c1cc(-c2cnn(C(C)(C)C)c2)nc2ccccc12. The number of nitrogens with zero attached hydrogens (tertiary/aromatic N) is 4. The zero-order valence-corrected chi connectivity index (χ0v) is 17.1. The van der Waals surface area contributed by atoms with Gasteiger partial charge in [0.05, 0.1) is 28.5 Å². The summed E-state index contributed by atoms with van der Waals surface area (Å²) >= 11 is 0. The van der Waals surface area contributed by atoms with E-state index in [4.69, 9.17) is 4.98 Å². The monoisotopic (exact) mass is 376 g/mol. The third-order valence-corrected chi connectivity index (χ3v) is 5.58. The minimum atomic E-state index is -0.100. The van der Waals surface area contributed by atoms with Crippen molar-refractivity contribution >= 4 is 16.8 Å². The van der Waals surface area contributed by atoms with E-state index in [0.717, 1.165) is 47.1 Å². The standard InChI is InChI=1S/C23H28N4O/c1-16-9-7-8-12-26(16)22(28)19-13-21(25-20-11-6-5-10-18(19)20)17-14-24-27(15-17)23(2,3)4/h5-6,10-11,13-16H,7-9,12H2,1-4H3. The highest BCUT2D eigenvalue weighted by atomic mass is 16.2. The average molecular weight is 377 g/mol. The van der Waals surface area contributed by atoms with Crippen molar-refractivity contribution in [3.8, 4) is 11.3 Å². The molecule has 3 aromatic rings. The van der Waals surface area contributed by atoms with E-state index >= 15 is 0 Å². The van der Waals surface area contributed by atoms with Gasteiger partial charge in [0.15, 0.2) is 0 Å². The fourth-order valence-electron chi connectivity index (χ4n) is 3.88. The second-order valence-electron chi connectivity index (χ2n) is 8.76. The molecule has 5 nitrogen and oxygen atoms in total. The lowest BCUT2D eigenvalue weighted by molar-refractivity contribution is 0.0637. The zero-order valence-electron chi connectivity index (χ0n) is 17.1. The average Bonchev–Trinajstić information content (AvgIpc) is 3.18. The Balaban J connectivity index is 1.82. The van der Waals surface area contributed by atoms with Crippen LogP contribution in [-0.4, -0.2) is 38.2 Å². The molecule has 0 aliphatic carbocycles. The molecule has 0 radical (unpaired) electrons. The third-order valence-electron chi connectivity index (χ3n) is 5.58. The molecule has 28 heavy (non-hydrogen) atoms. The number of hydrogen-bond donors (Lipinski definition) is 0. The molecule has 1 amide bonds. The number of rotatable bonds is 2. The van der Waals surface area contributed by atoms with Crippen molar-refractivity contribution in [3.05, 3.63) is 48.3 Å². The first-order chi connectivity index (χ1) is 13.3. The quantitative estimate of drug-likeness (QED) is 0.641. The molecule has 2 aromatic heterocycles. The van der Waals surface area contributed by atoms with Crippen molar-refractivity contribution in [1.82, 2.24) is 19.7 Å². The summed E-state index contributed by atoms with van der Waals surface area (Å²) in [6.45, 7) is 9.32. The lowest BCUT2D eigenvalue weighted by atomic mass is 10.00. The molecular formula is C23H28N4O. The van der Waals surface area contributed by atoms with Gasteiger partial charge in [0.2, 0.25) is 0 Å². The molecule has 1 fully saturated rings. The van der Waals surface area contributed by atoms with Gasteiger partial charge in [-0.2, -0.15) is 5.10 Å². The predicted molar refractivity (Wildman–Crippen MR) is 112 cm³/mol. The van der Waals surface area contributed by atoms with Crippen LogP contribution in [0.2, 0.25) is 0 Å². The van der Waals surface area contributed by atoms with Crippen LogP contribution in [0.1, 0.15) is 57.3 Å². The maximum Gasteiger partial charge on any atom is 0.254 e. The first-order valence-electron chi connectivity index (χ1n) is 10.1. The minimum Gasteiger partial charge on any atom is -0.336 e. The number of hydrogen-bond acceptors (Lipinski definition) is 3. The fraction of sp³-hybridized carbons (Fsp3) is 0.435. The van der Waals surface area contributed by atoms with Gasteiger partial charge in [0, 0.05) is 29.7 Å². The summed E-state index contributed by atoms with van der Waals surface area (Å²) in [4.78, 5) is 20.3. The maximum atomic E-state index is 13.4. The van der Waals surface area contributed by atoms with Crippen LogP contribution in [-0.2, 0) is 5.54 Å². The topological polar surface area (TPSA) is 51.0 Å². The summed E-state index contributed by atoms with van der Waals surface area (Å²) in [6.07, 6.45) is 7.18. The second-order valence-corrected chi connectivity index (χ2v) is 8.76. The van der Waals surface area contributed by atoms with Gasteiger partial charge < -0.3 is 4.90 Å². The Hall–Kier alpha value is -2.69. The summed E-state index contributed by atoms with van der Waals surface area (Å²) in [6, 6.07) is 10.1. The van der Waals surface area contributed by atoms with E-state index in [9.17, 15) is 4.79 Å². The van der Waals surface area contributed by atoms with E-state index in [1.807, 2.05) is 52.3 Å². The first kappa shape index (κ1) is 18.7. The van der Waals surface area contributed by atoms with Crippen molar-refractivity contribution < 1.29 is 4.79 Å². The highest BCUT2D eigenvalue weighted by molar-refractivity contribution is 6.07. The van der Waals surface area contributed by atoms with E-state index in [1.165, 1.54) is 6.42 Å². The van der Waals surface area contributed by atoms with Crippen molar-refractivity contribution in [2.24, 2.45) is 0 Å². The van der Waals surface area contributed by atoms with Crippen LogP contribution < -0.4 is 0 Å². The van der Waals surface area contributed by atoms with Gasteiger partial charge in [-0.15, -0.1) is 0 Å². The summed E-state index contributed by atoms with van der Waals surface area (Å²) in [5.41, 5.74) is 3.20. The molecule has 4 rings (SSSR count). The second kappa shape index (κ2) is 7.04. The van der Waals surface area contributed by atoms with Gasteiger partial charge in [-0.1, -0.05) is 18.2 Å². The molecule has 1 atom stereocenters. The number of fused-ring (bicyclic) bond motifs is 1. The van der Waals surface area contributed by atoms with Gasteiger partial charge in [0.1, 0.15) is 0 Å². The van der Waals surface area contributed by atoms with Crippen molar-refractivity contribution in [1.29, 1.82) is 0 Å². The summed E-state index contributed by atoms with van der Waals surface area (Å²) in [5, 5.41) is 5.42. The van der Waals surface area contributed by atoms with E-state index in [0.29, 0.717) is 0 Å². The molecule has 1 aliphatic rings. The molecule has 5 heteroatoms. The summed E-state index contributed by atoms with van der Waals surface area (Å²) in [5.74, 6) is 0.107. The molecule has 3 heterocycles. The fourth-order valence-corrected chi connectivity index (χ4v) is 3.88. The lowest BCUT2D eigenvalue weighted by Crippen LogP contribution is -2.42. The van der Waals surface area contributed by atoms with Crippen molar-refractivity contribution in [2.45, 2.75) is 58.5 Å². The number of likely N-dealkylation sites (tertiary alicyclic amines) is 1. The maximum absolute atomic E-state index is 13.4. The number of para-hydroxylation sites is 1. The zero-order chi connectivity index (χ0) is 19.9. The van der Waals surface area contributed by atoms with Gasteiger partial charge in [0.25, 0.3) is 5.91 Å². The van der Waals surface area contributed by atoms with Crippen molar-refractivity contribution in [2.75, 3.05) is 6.54 Å². The Morgan fingerprint density at radius 3 is 2.68 bits per heavy atom. The Labute approximate surface area is 166 Å². The van der Waals surface area contributed by atoms with Crippen LogP contribution in [0.5, 0.6) is 0 Å². The van der Waals surface area contributed by atoms with E-state index in [-0.39, 0.29) is 17.5 Å². The molecule has 1 saturated heterocycles. The Morgan fingerprint density at radius 2 is 1.96 bits per heavy atom. The highest BCUT2D eigenvalue weighted by Gasteiger charge is 2.26. The van der Waals surface area contributed by atoms with Crippen LogP contribution in [0.15, 0.2) is 42.7 Å². The molecular weight excluding hydrogens is 348 g/mol. The molecule has 0 spiro atoms. The molecule has 1 aliphatic heterocycles. The number of aromatic nitrogens is 3. The van der Waals surface area contributed by atoms with Crippen LogP contribution in [0.25, 0.3) is 22.2 Å². The normalized spacial score (nSPS) is 17.9. The third kappa shape index (κ3) is 3.41. The van der Waals surface area contributed by atoms with Gasteiger partial charge >= 0.3 is 0 Å². The van der Waals surface area contributed by atoms with Gasteiger partial charge in [-0.05, 0) is 59.1 Å². The molecule has 1 unspecified atom stereocenters. The minimum absolute atomic E-state index is 0.100. The van der Waals surface area contributed by atoms with Gasteiger partial charge in [-0.25, -0.2) is 4.98 Å². The Morgan fingerprint density at radius 1 is 1.18 bits per heavy atom. The molecule has 146 valence electrons. The molecule has 1 aromatic carbocycles. The van der Waals surface area contributed by atoms with Crippen LogP contribution in [0.4, 0.5) is 0 Å². The first-order valence-corrected chi connectivity index (χ1v) is 10.1. The molecule has 0 N–H and O–H groups in total. The van der Waals surface area contributed by atoms with Crippen LogP contribution >= 0.6 is 0 Å². The summed E-state index contributed by atoms with van der Waals surface area (Å²) < 4.78 is 1.94. The highest BCUT2D eigenvalue weighted by Crippen LogP contribution is 2.28. The Kier molecular flexibility index (Phi) is 4.69. The Bertz CT molecular complexity index is 1010. The molecule has 0 bridgehead atoms. The van der Waals surface area contributed by atoms with Gasteiger partial charge in [-0.3, -0.25) is 9.48 Å². The number of pyridine rings is 1. The molecule has 0 saturated carbocycles. The number of piperidine rings is 1. The summed E-state index contributed by atoms with van der Waals surface area (Å²) in [7, 11) is 0. The van der Waals surface area contributed by atoms with E-state index in [2.05, 4.69) is 32.8 Å². The van der Waals surface area contributed by atoms with Crippen LogP contribution in [0.3, 0.4) is 0 Å². The smallest absolute Gasteiger partial charge is 0.254 e. The number of benzene rings is 1. The van der Waals surface area contributed by atoms with E-state index < -0.39 is 0 Å². The van der Waals surface area contributed by atoms with Crippen LogP contribution in [0, 0.1) is 0 Å². The number of carbonyl (C=O) groups excluding carboxylic acids is 1. The lowest BCUT2D eigenvalue weighted by Gasteiger charge is -2.33. The number of amides is 1. The largest absolute Gasteiger partial charge is 0.336 e. The van der Waals surface area contributed by atoms with Crippen molar-refractivity contribution in [3.63, 3.8) is 0 Å². The van der Waals surface area contributed by atoms with E-state index in [1.54, 1.807) is 0 Å². The predicted octanol–water partition coefficient (Wildman–Crippen LogP) is 4.87.